The summed E-state index contributed by atoms with van der Waals surface area (Å²) in [5.74, 6) is -4.12. The molecule has 0 saturated heterocycles. The molecule has 0 unspecified atom stereocenters. The van der Waals surface area contributed by atoms with E-state index in [-0.39, 0.29) is 29.4 Å². The summed E-state index contributed by atoms with van der Waals surface area (Å²) in [6.45, 7) is 5.25. The molecule has 3 amide bonds. The number of carbonyl (C=O) groups excluding carboxylic acids is 3. The zero-order valence-electron chi connectivity index (χ0n) is 19.4. The van der Waals surface area contributed by atoms with Crippen molar-refractivity contribution in [2.24, 2.45) is 0 Å². The van der Waals surface area contributed by atoms with Gasteiger partial charge in [-0.15, -0.1) is 0 Å². The second-order valence-electron chi connectivity index (χ2n) is 7.64. The van der Waals surface area contributed by atoms with Crippen molar-refractivity contribution in [1.29, 1.82) is 0 Å². The Hall–Kier alpha value is -4.15. The Kier molecular flexibility index (Phi) is 8.24. The third kappa shape index (κ3) is 6.46. The van der Waals surface area contributed by atoms with Crippen molar-refractivity contribution in [3.05, 3.63) is 95.1 Å². The molecule has 1 aromatic heterocycles. The molecule has 2 aromatic carbocycles. The maximum atomic E-state index is 12.5. The van der Waals surface area contributed by atoms with Gasteiger partial charge in [0.05, 0.1) is 0 Å². The minimum atomic E-state index is -2.62. The third-order valence-corrected chi connectivity index (χ3v) is 5.30. The summed E-state index contributed by atoms with van der Waals surface area (Å²) in [6, 6.07) is 15.8. The first kappa shape index (κ1) is 25.5. The lowest BCUT2D eigenvalue weighted by molar-refractivity contribution is -0.185. The minimum Gasteiger partial charge on any atom is -0.347 e. The van der Waals surface area contributed by atoms with Gasteiger partial charge in [-0.1, -0.05) is 42.5 Å². The van der Waals surface area contributed by atoms with Gasteiger partial charge in [0.2, 0.25) is 0 Å². The largest absolute Gasteiger partial charge is 0.347 e. The van der Waals surface area contributed by atoms with E-state index in [9.17, 15) is 24.6 Å². The van der Waals surface area contributed by atoms with Gasteiger partial charge in [-0.3, -0.25) is 19.7 Å². The second-order valence-corrected chi connectivity index (χ2v) is 7.64. The van der Waals surface area contributed by atoms with Crippen LogP contribution in [0.25, 0.3) is 0 Å². The Balaban J connectivity index is 1.62. The van der Waals surface area contributed by atoms with Crippen molar-refractivity contribution in [2.45, 2.75) is 26.3 Å². The summed E-state index contributed by atoms with van der Waals surface area (Å²) >= 11 is 0. The predicted molar refractivity (Wildman–Crippen MR) is 127 cm³/mol. The number of aromatic nitrogens is 2. The molecule has 10 nitrogen and oxygen atoms in total. The van der Waals surface area contributed by atoms with Crippen LogP contribution in [-0.4, -0.2) is 55.9 Å². The van der Waals surface area contributed by atoms with E-state index in [4.69, 9.17) is 0 Å². The van der Waals surface area contributed by atoms with E-state index in [0.717, 1.165) is 18.0 Å². The summed E-state index contributed by atoms with van der Waals surface area (Å²) in [5.41, 5.74) is 1.11. The number of hydrogen-bond donors (Lipinski definition) is 4. The van der Waals surface area contributed by atoms with Crippen molar-refractivity contribution in [3.8, 4) is 0 Å². The van der Waals surface area contributed by atoms with Gasteiger partial charge in [-0.05, 0) is 31.5 Å². The van der Waals surface area contributed by atoms with Gasteiger partial charge in [-0.25, -0.2) is 9.97 Å². The van der Waals surface area contributed by atoms with Crippen LogP contribution in [0.4, 0.5) is 0 Å². The van der Waals surface area contributed by atoms with Gasteiger partial charge in [0.25, 0.3) is 23.6 Å². The fraction of sp³-hybridized carbons (Fsp3) is 0.240. The lowest BCUT2D eigenvalue weighted by atomic mass is 10.1. The van der Waals surface area contributed by atoms with Gasteiger partial charge < -0.3 is 20.4 Å². The van der Waals surface area contributed by atoms with Crippen LogP contribution in [0.15, 0.2) is 67.0 Å². The van der Waals surface area contributed by atoms with E-state index in [1.807, 2.05) is 13.8 Å². The molecule has 10 heteroatoms. The molecule has 0 aliphatic heterocycles. The Labute approximate surface area is 202 Å². The van der Waals surface area contributed by atoms with E-state index < -0.39 is 17.7 Å². The summed E-state index contributed by atoms with van der Waals surface area (Å²) in [7, 11) is 0. The predicted octanol–water partition coefficient (Wildman–Crippen LogP) is 1.41. The molecule has 0 atom stereocenters. The number of carbonyl (C=O) groups is 3. The Morgan fingerprint density at radius 1 is 0.886 bits per heavy atom. The standard InChI is InChI=1S/C25H27N5O5/c1-3-30(4-2)24(33)18-12-10-17(11-13-18)15-26-22(31)20-14-21(28-16-27-20)23(32)29-25(34,35)19-8-6-5-7-9-19/h5-14,16,34-35H,3-4,15H2,1-2H3,(H,26,31)(H,29,32). The van der Waals surface area contributed by atoms with Crippen LogP contribution in [0.2, 0.25) is 0 Å². The molecule has 0 bridgehead atoms. The van der Waals surface area contributed by atoms with Crippen molar-refractivity contribution in [1.82, 2.24) is 25.5 Å². The van der Waals surface area contributed by atoms with Gasteiger partial charge >= 0.3 is 0 Å². The topological polar surface area (TPSA) is 145 Å². The van der Waals surface area contributed by atoms with Crippen molar-refractivity contribution < 1.29 is 24.6 Å². The molecule has 1 heterocycles. The van der Waals surface area contributed by atoms with Crippen molar-refractivity contribution >= 4 is 17.7 Å². The smallest absolute Gasteiger partial charge is 0.275 e. The molecule has 182 valence electrons. The highest BCUT2D eigenvalue weighted by atomic mass is 16.5. The van der Waals surface area contributed by atoms with E-state index in [0.29, 0.717) is 18.7 Å². The van der Waals surface area contributed by atoms with Crippen molar-refractivity contribution in [3.63, 3.8) is 0 Å². The first-order valence-electron chi connectivity index (χ1n) is 11.1. The van der Waals surface area contributed by atoms with E-state index >= 15 is 0 Å². The maximum Gasteiger partial charge on any atom is 0.275 e. The molecule has 0 spiro atoms. The molecule has 3 aromatic rings. The molecular weight excluding hydrogens is 450 g/mol. The summed E-state index contributed by atoms with van der Waals surface area (Å²) < 4.78 is 0. The summed E-state index contributed by atoms with van der Waals surface area (Å²) in [4.78, 5) is 46.8. The first-order valence-corrected chi connectivity index (χ1v) is 11.1. The van der Waals surface area contributed by atoms with Crippen LogP contribution >= 0.6 is 0 Å². The highest BCUT2D eigenvalue weighted by Crippen LogP contribution is 2.15. The second kappa shape index (κ2) is 11.3. The minimum absolute atomic E-state index is 0.0561. The Morgan fingerprint density at radius 3 is 2.09 bits per heavy atom. The summed E-state index contributed by atoms with van der Waals surface area (Å²) in [5, 5.41) is 25.1. The average Bonchev–Trinajstić information content (AvgIpc) is 2.88. The lowest BCUT2D eigenvalue weighted by Gasteiger charge is -2.22. The Bertz CT molecular complexity index is 1180. The third-order valence-electron chi connectivity index (χ3n) is 5.30. The summed E-state index contributed by atoms with van der Waals surface area (Å²) in [6.07, 6.45) is 1.04. The number of hydrogen-bond acceptors (Lipinski definition) is 7. The van der Waals surface area contributed by atoms with Gasteiger partial charge in [0.1, 0.15) is 17.7 Å². The van der Waals surface area contributed by atoms with Crippen LogP contribution in [0.5, 0.6) is 0 Å². The molecule has 35 heavy (non-hydrogen) atoms. The highest BCUT2D eigenvalue weighted by Gasteiger charge is 2.29. The van der Waals surface area contributed by atoms with E-state index in [1.54, 1.807) is 47.4 Å². The molecule has 4 N–H and O–H groups in total. The molecule has 0 saturated carbocycles. The molecule has 0 fully saturated rings. The fourth-order valence-electron chi connectivity index (χ4n) is 3.30. The Morgan fingerprint density at radius 2 is 1.49 bits per heavy atom. The number of rotatable bonds is 9. The number of benzene rings is 2. The molecule has 3 rings (SSSR count). The van der Waals surface area contributed by atoms with Crippen LogP contribution < -0.4 is 10.6 Å². The normalized spacial score (nSPS) is 11.0. The van der Waals surface area contributed by atoms with Crippen LogP contribution in [0.3, 0.4) is 0 Å². The average molecular weight is 478 g/mol. The highest BCUT2D eigenvalue weighted by molar-refractivity contribution is 5.97. The fourth-order valence-corrected chi connectivity index (χ4v) is 3.30. The van der Waals surface area contributed by atoms with E-state index in [2.05, 4.69) is 20.6 Å². The molecule has 0 radical (unpaired) electrons. The SMILES string of the molecule is CCN(CC)C(=O)c1ccc(CNC(=O)c2cc(C(=O)NC(O)(O)c3ccccc3)ncn2)cc1. The zero-order valence-corrected chi connectivity index (χ0v) is 19.4. The van der Waals surface area contributed by atoms with E-state index in [1.165, 1.54) is 12.1 Å². The monoisotopic (exact) mass is 477 g/mol. The number of amides is 3. The number of nitrogens with zero attached hydrogens (tertiary/aromatic N) is 3. The van der Waals surface area contributed by atoms with Crippen LogP contribution in [0, 0.1) is 0 Å². The van der Waals surface area contributed by atoms with Gasteiger partial charge in [0.15, 0.2) is 0 Å². The molecular formula is C25H27N5O5. The lowest BCUT2D eigenvalue weighted by Crippen LogP contribution is -2.46. The maximum absolute atomic E-state index is 12.5. The quantitative estimate of drug-likeness (QED) is 0.341. The van der Waals surface area contributed by atoms with Gasteiger partial charge in [-0.2, -0.15) is 0 Å². The van der Waals surface area contributed by atoms with Gasteiger partial charge in [0, 0.05) is 36.8 Å². The van der Waals surface area contributed by atoms with Crippen LogP contribution in [-0.2, 0) is 12.5 Å². The number of nitrogens with one attached hydrogen (secondary N) is 2. The molecule has 0 aliphatic rings. The van der Waals surface area contributed by atoms with Crippen molar-refractivity contribution in [2.75, 3.05) is 13.1 Å². The first-order chi connectivity index (χ1) is 16.7. The number of aliphatic hydroxyl groups is 2. The molecule has 0 aliphatic carbocycles. The zero-order chi connectivity index (χ0) is 25.4. The van der Waals surface area contributed by atoms with Crippen LogP contribution in [0.1, 0.15) is 56.3 Å².